The van der Waals surface area contributed by atoms with E-state index in [9.17, 15) is 9.18 Å². The molecule has 0 saturated carbocycles. The fourth-order valence-corrected chi connectivity index (χ4v) is 2.65. The van der Waals surface area contributed by atoms with E-state index in [4.69, 9.17) is 16.7 Å². The average Bonchev–Trinajstić information content (AvgIpc) is 2.65. The van der Waals surface area contributed by atoms with E-state index < -0.39 is 11.8 Å². The molecule has 0 aliphatic rings. The van der Waals surface area contributed by atoms with E-state index >= 15 is 0 Å². The molecule has 0 atom stereocenters. The van der Waals surface area contributed by atoms with Gasteiger partial charge in [0.2, 0.25) is 0 Å². The molecule has 0 bridgehead atoms. The number of halogens is 2. The van der Waals surface area contributed by atoms with Crippen molar-refractivity contribution in [3.8, 4) is 0 Å². The summed E-state index contributed by atoms with van der Waals surface area (Å²) >= 11 is 6.82. The number of carboxylic acid groups (broad SMARTS) is 1. The van der Waals surface area contributed by atoms with Crippen LogP contribution >= 0.6 is 23.4 Å². The number of thioether (sulfide) groups is 1. The van der Waals surface area contributed by atoms with Gasteiger partial charge < -0.3 is 9.67 Å². The first-order valence-corrected chi connectivity index (χ1v) is 7.09. The van der Waals surface area contributed by atoms with Crippen LogP contribution in [0.2, 0.25) is 5.02 Å². The molecule has 0 fully saturated rings. The molecule has 20 heavy (non-hydrogen) atoms. The summed E-state index contributed by atoms with van der Waals surface area (Å²) in [5.74, 6) is -1.58. The minimum absolute atomic E-state index is 0.00717. The van der Waals surface area contributed by atoms with Crippen LogP contribution in [0.5, 0.6) is 0 Å². The van der Waals surface area contributed by atoms with Crippen molar-refractivity contribution in [2.24, 2.45) is 0 Å². The van der Waals surface area contributed by atoms with Crippen molar-refractivity contribution in [2.75, 3.05) is 5.75 Å². The maximum atomic E-state index is 13.6. The van der Waals surface area contributed by atoms with E-state index in [1.165, 1.54) is 12.1 Å². The van der Waals surface area contributed by atoms with E-state index in [0.717, 1.165) is 17.3 Å². The summed E-state index contributed by atoms with van der Waals surface area (Å²) < 4.78 is 15.3. The van der Waals surface area contributed by atoms with Gasteiger partial charge in [-0.3, -0.25) is 4.79 Å². The molecule has 106 valence electrons. The van der Waals surface area contributed by atoms with Gasteiger partial charge in [0.15, 0.2) is 5.16 Å². The van der Waals surface area contributed by atoms with Crippen molar-refractivity contribution >= 4 is 40.4 Å². The molecule has 2 aromatic rings. The number of allylic oxidation sites excluding steroid dienone is 1. The number of aromatic nitrogens is 2. The van der Waals surface area contributed by atoms with Crippen LogP contribution < -0.4 is 0 Å². The van der Waals surface area contributed by atoms with E-state index in [1.807, 2.05) is 6.92 Å². The molecule has 0 unspecified atom stereocenters. The first-order valence-electron chi connectivity index (χ1n) is 5.72. The van der Waals surface area contributed by atoms with Crippen molar-refractivity contribution in [3.63, 3.8) is 0 Å². The van der Waals surface area contributed by atoms with E-state index in [2.05, 4.69) is 11.6 Å². The fourth-order valence-electron chi connectivity index (χ4n) is 1.76. The summed E-state index contributed by atoms with van der Waals surface area (Å²) in [4.78, 5) is 15.0. The van der Waals surface area contributed by atoms with Crippen molar-refractivity contribution in [3.05, 3.63) is 35.1 Å². The summed E-state index contributed by atoms with van der Waals surface area (Å²) in [6, 6.07) is 2.74. The second kappa shape index (κ2) is 5.85. The van der Waals surface area contributed by atoms with Crippen LogP contribution in [0, 0.1) is 5.82 Å². The van der Waals surface area contributed by atoms with Gasteiger partial charge >= 0.3 is 5.97 Å². The molecule has 7 heteroatoms. The van der Waals surface area contributed by atoms with Crippen molar-refractivity contribution < 1.29 is 14.3 Å². The number of imidazole rings is 1. The van der Waals surface area contributed by atoms with Gasteiger partial charge in [0.1, 0.15) is 5.82 Å². The lowest BCUT2D eigenvalue weighted by atomic mass is 10.3. The van der Waals surface area contributed by atoms with Gasteiger partial charge in [0.05, 0.1) is 21.8 Å². The number of benzene rings is 1. The molecule has 0 aliphatic carbocycles. The third-order valence-electron chi connectivity index (χ3n) is 2.51. The normalized spacial score (nSPS) is 10.9. The van der Waals surface area contributed by atoms with Crippen LogP contribution in [0.1, 0.15) is 6.92 Å². The van der Waals surface area contributed by atoms with Crippen LogP contribution in [-0.4, -0.2) is 26.4 Å². The highest BCUT2D eigenvalue weighted by atomic mass is 35.5. The molecule has 1 aromatic heterocycles. The van der Waals surface area contributed by atoms with Crippen LogP contribution in [0.3, 0.4) is 0 Å². The quantitative estimate of drug-likeness (QED) is 0.677. The average molecular weight is 315 g/mol. The Kier molecular flexibility index (Phi) is 4.35. The molecule has 2 rings (SSSR count). The minimum atomic E-state index is -0.937. The summed E-state index contributed by atoms with van der Waals surface area (Å²) in [5.41, 5.74) is 1.96. The van der Waals surface area contributed by atoms with Gasteiger partial charge in [0.25, 0.3) is 0 Å². The SMILES string of the molecule is C=C(C)Cn1c(SCC(=O)O)nc2cc(Cl)c(F)cc21. The number of carboxylic acids is 1. The van der Waals surface area contributed by atoms with Gasteiger partial charge in [-0.15, -0.1) is 0 Å². The maximum Gasteiger partial charge on any atom is 0.313 e. The van der Waals surface area contributed by atoms with Crippen LogP contribution in [0.4, 0.5) is 4.39 Å². The number of fused-ring (bicyclic) bond motifs is 1. The third-order valence-corrected chi connectivity index (χ3v) is 3.76. The van der Waals surface area contributed by atoms with Gasteiger partial charge in [-0.05, 0) is 13.0 Å². The topological polar surface area (TPSA) is 55.1 Å². The fraction of sp³-hybridized carbons (Fsp3) is 0.231. The van der Waals surface area contributed by atoms with Crippen LogP contribution in [-0.2, 0) is 11.3 Å². The summed E-state index contributed by atoms with van der Waals surface area (Å²) in [6.07, 6.45) is 0. The Hall–Kier alpha value is -1.53. The lowest BCUT2D eigenvalue weighted by molar-refractivity contribution is -0.133. The monoisotopic (exact) mass is 314 g/mol. The Bertz CT molecular complexity index is 699. The molecule has 1 heterocycles. The Morgan fingerprint density at radius 1 is 1.60 bits per heavy atom. The van der Waals surface area contributed by atoms with Gasteiger partial charge in [-0.2, -0.15) is 0 Å². The van der Waals surface area contributed by atoms with Gasteiger partial charge in [0, 0.05) is 12.6 Å². The molecule has 1 N–H and O–H groups in total. The zero-order valence-electron chi connectivity index (χ0n) is 10.7. The first-order chi connectivity index (χ1) is 9.38. The maximum absolute atomic E-state index is 13.6. The van der Waals surface area contributed by atoms with Gasteiger partial charge in [-0.1, -0.05) is 35.5 Å². The van der Waals surface area contributed by atoms with Crippen molar-refractivity contribution in [1.29, 1.82) is 0 Å². The first kappa shape index (κ1) is 14.9. The van der Waals surface area contributed by atoms with Gasteiger partial charge in [-0.25, -0.2) is 9.37 Å². The number of nitrogens with zero attached hydrogens (tertiary/aromatic N) is 2. The lowest BCUT2D eigenvalue weighted by Crippen LogP contribution is -2.04. The molecule has 0 spiro atoms. The molecule has 0 saturated heterocycles. The summed E-state index contributed by atoms with van der Waals surface area (Å²) in [7, 11) is 0. The van der Waals surface area contributed by atoms with Crippen LogP contribution in [0.25, 0.3) is 11.0 Å². The minimum Gasteiger partial charge on any atom is -0.481 e. The van der Waals surface area contributed by atoms with Crippen molar-refractivity contribution in [2.45, 2.75) is 18.6 Å². The molecular formula is C13H12ClFN2O2S. The Labute approximate surface area is 124 Å². The second-order valence-electron chi connectivity index (χ2n) is 4.38. The van der Waals surface area contributed by atoms with E-state index in [0.29, 0.717) is 22.7 Å². The molecule has 0 aliphatic heterocycles. The predicted octanol–water partition coefficient (Wildman–Crippen LogP) is 3.58. The van der Waals surface area contributed by atoms with E-state index in [1.54, 1.807) is 4.57 Å². The second-order valence-corrected chi connectivity index (χ2v) is 5.72. The Balaban J connectivity index is 2.54. The number of rotatable bonds is 5. The number of hydrogen-bond acceptors (Lipinski definition) is 3. The smallest absolute Gasteiger partial charge is 0.313 e. The zero-order valence-corrected chi connectivity index (χ0v) is 12.3. The highest BCUT2D eigenvalue weighted by molar-refractivity contribution is 7.99. The van der Waals surface area contributed by atoms with E-state index in [-0.39, 0.29) is 10.8 Å². The standard InChI is InChI=1S/C13H12ClFN2O2S/c1-7(2)5-17-11-4-9(15)8(14)3-10(11)16-13(17)20-6-12(18)19/h3-4H,1,5-6H2,2H3,(H,18,19). The predicted molar refractivity (Wildman–Crippen MR) is 77.9 cm³/mol. The Morgan fingerprint density at radius 3 is 2.90 bits per heavy atom. The molecule has 0 amide bonds. The number of hydrogen-bond donors (Lipinski definition) is 1. The lowest BCUT2D eigenvalue weighted by Gasteiger charge is -2.07. The number of aliphatic carboxylic acids is 1. The highest BCUT2D eigenvalue weighted by Crippen LogP contribution is 2.28. The molecule has 1 aromatic carbocycles. The third kappa shape index (κ3) is 3.13. The van der Waals surface area contributed by atoms with Crippen molar-refractivity contribution in [1.82, 2.24) is 9.55 Å². The molecule has 4 nitrogen and oxygen atoms in total. The molecular weight excluding hydrogens is 303 g/mol. The van der Waals surface area contributed by atoms with Crippen LogP contribution in [0.15, 0.2) is 29.4 Å². The largest absolute Gasteiger partial charge is 0.481 e. The Morgan fingerprint density at radius 2 is 2.30 bits per heavy atom. The highest BCUT2D eigenvalue weighted by Gasteiger charge is 2.15. The summed E-state index contributed by atoms with van der Waals surface area (Å²) in [6.45, 7) is 6.10. The summed E-state index contributed by atoms with van der Waals surface area (Å²) in [5, 5.41) is 9.25. The zero-order chi connectivity index (χ0) is 14.9. The number of carbonyl (C=O) groups is 1. The molecule has 0 radical (unpaired) electrons.